The monoisotopic (exact) mass is 396 g/mol. The number of carbonyl (C=O) groups excluding carboxylic acids is 1. The summed E-state index contributed by atoms with van der Waals surface area (Å²) in [5.41, 5.74) is 1.98. The van der Waals surface area contributed by atoms with E-state index in [1.807, 2.05) is 6.07 Å². The smallest absolute Gasteiger partial charge is 0.278 e. The van der Waals surface area contributed by atoms with Gasteiger partial charge in [0.1, 0.15) is 11.6 Å². The number of amides is 1. The molecule has 3 aromatic rings. The molecule has 0 radical (unpaired) electrons. The van der Waals surface area contributed by atoms with Gasteiger partial charge >= 0.3 is 0 Å². The molecule has 0 unspecified atom stereocenters. The van der Waals surface area contributed by atoms with Gasteiger partial charge in [0, 0.05) is 25.8 Å². The van der Waals surface area contributed by atoms with Gasteiger partial charge < -0.3 is 10.1 Å². The van der Waals surface area contributed by atoms with Crippen LogP contribution in [0.15, 0.2) is 48.8 Å². The number of carbonyl (C=O) groups is 1. The Labute approximate surface area is 167 Å². The first kappa shape index (κ1) is 19.2. The number of benzene rings is 1. The van der Waals surface area contributed by atoms with Crippen molar-refractivity contribution in [2.75, 3.05) is 31.6 Å². The van der Waals surface area contributed by atoms with Crippen LogP contribution >= 0.6 is 0 Å². The molecule has 150 valence electrons. The fourth-order valence-corrected chi connectivity index (χ4v) is 3.09. The van der Waals surface area contributed by atoms with Crippen molar-refractivity contribution >= 4 is 11.7 Å². The standard InChI is InChI=1S/C20H21FN6O2/c21-17-3-1-2-15(10-17)13-27-14-18(24-25-27)20(28)23-19-5-4-16(11-22-19)12-26-6-8-29-9-7-26/h1-5,10-11,14H,6-9,12-13H2,(H,22,23,28). The zero-order valence-electron chi connectivity index (χ0n) is 15.8. The molecule has 0 aliphatic carbocycles. The van der Waals surface area contributed by atoms with Crippen molar-refractivity contribution in [1.29, 1.82) is 0 Å². The largest absolute Gasteiger partial charge is 0.379 e. The lowest BCUT2D eigenvalue weighted by atomic mass is 10.2. The Morgan fingerprint density at radius 3 is 2.76 bits per heavy atom. The molecule has 1 amide bonds. The second kappa shape index (κ2) is 8.89. The minimum Gasteiger partial charge on any atom is -0.379 e. The quantitative estimate of drug-likeness (QED) is 0.686. The zero-order valence-corrected chi connectivity index (χ0v) is 15.8. The molecular formula is C20H21FN6O2. The van der Waals surface area contributed by atoms with Crippen molar-refractivity contribution in [3.63, 3.8) is 0 Å². The van der Waals surface area contributed by atoms with E-state index in [4.69, 9.17) is 4.74 Å². The van der Waals surface area contributed by atoms with Gasteiger partial charge in [-0.25, -0.2) is 14.1 Å². The topological polar surface area (TPSA) is 85.2 Å². The molecule has 4 rings (SSSR count). The summed E-state index contributed by atoms with van der Waals surface area (Å²) >= 11 is 0. The Kier molecular flexibility index (Phi) is 5.87. The third kappa shape index (κ3) is 5.21. The number of morpholine rings is 1. The maximum Gasteiger partial charge on any atom is 0.278 e. The molecule has 0 atom stereocenters. The van der Waals surface area contributed by atoms with Gasteiger partial charge in [-0.15, -0.1) is 5.10 Å². The molecule has 1 aliphatic heterocycles. The minimum absolute atomic E-state index is 0.167. The van der Waals surface area contributed by atoms with E-state index < -0.39 is 5.91 Å². The van der Waals surface area contributed by atoms with Gasteiger partial charge in [-0.1, -0.05) is 23.4 Å². The van der Waals surface area contributed by atoms with E-state index in [2.05, 4.69) is 25.5 Å². The second-order valence-corrected chi connectivity index (χ2v) is 6.83. The average molecular weight is 396 g/mol. The molecule has 1 aromatic carbocycles. The minimum atomic E-state index is -0.399. The third-order valence-corrected chi connectivity index (χ3v) is 4.58. The van der Waals surface area contributed by atoms with Crippen LogP contribution in [-0.2, 0) is 17.8 Å². The van der Waals surface area contributed by atoms with Crippen molar-refractivity contribution in [2.45, 2.75) is 13.1 Å². The maximum absolute atomic E-state index is 13.3. The lowest BCUT2D eigenvalue weighted by Gasteiger charge is -2.26. The van der Waals surface area contributed by atoms with E-state index >= 15 is 0 Å². The first-order chi connectivity index (χ1) is 14.2. The number of pyridine rings is 1. The van der Waals surface area contributed by atoms with E-state index in [9.17, 15) is 9.18 Å². The lowest BCUT2D eigenvalue weighted by molar-refractivity contribution is 0.0341. The van der Waals surface area contributed by atoms with Gasteiger partial charge in [0.25, 0.3) is 5.91 Å². The van der Waals surface area contributed by atoms with Gasteiger partial charge in [0.05, 0.1) is 26.0 Å². The van der Waals surface area contributed by atoms with Gasteiger partial charge in [-0.2, -0.15) is 0 Å². The number of rotatable bonds is 6. The number of nitrogens with one attached hydrogen (secondary N) is 1. The normalized spacial score (nSPS) is 14.7. The molecule has 1 N–H and O–H groups in total. The van der Waals surface area contributed by atoms with Crippen molar-refractivity contribution in [1.82, 2.24) is 24.9 Å². The number of nitrogens with zero attached hydrogens (tertiary/aromatic N) is 5. The van der Waals surface area contributed by atoms with E-state index in [0.717, 1.165) is 44.0 Å². The van der Waals surface area contributed by atoms with Gasteiger partial charge in [0.2, 0.25) is 0 Å². The first-order valence-electron chi connectivity index (χ1n) is 9.37. The molecule has 29 heavy (non-hydrogen) atoms. The van der Waals surface area contributed by atoms with E-state index in [-0.39, 0.29) is 11.5 Å². The highest BCUT2D eigenvalue weighted by atomic mass is 19.1. The summed E-state index contributed by atoms with van der Waals surface area (Å²) < 4.78 is 20.1. The Morgan fingerprint density at radius 1 is 1.14 bits per heavy atom. The van der Waals surface area contributed by atoms with Crippen LogP contribution in [-0.4, -0.2) is 57.1 Å². The fourth-order valence-electron chi connectivity index (χ4n) is 3.09. The van der Waals surface area contributed by atoms with Crippen LogP contribution in [0.1, 0.15) is 21.6 Å². The molecule has 9 heteroatoms. The number of ether oxygens (including phenoxy) is 1. The Bertz CT molecular complexity index is 969. The molecule has 1 saturated heterocycles. The Morgan fingerprint density at radius 2 is 2.00 bits per heavy atom. The summed E-state index contributed by atoms with van der Waals surface area (Å²) in [6, 6.07) is 9.92. The lowest BCUT2D eigenvalue weighted by Crippen LogP contribution is -2.35. The Balaban J connectivity index is 1.33. The number of hydrogen-bond donors (Lipinski definition) is 1. The molecule has 1 aliphatic rings. The van der Waals surface area contributed by atoms with Crippen LogP contribution in [0.25, 0.3) is 0 Å². The summed E-state index contributed by atoms with van der Waals surface area (Å²) in [6.45, 7) is 4.45. The third-order valence-electron chi connectivity index (χ3n) is 4.58. The van der Waals surface area contributed by atoms with Crippen LogP contribution in [0.4, 0.5) is 10.2 Å². The summed E-state index contributed by atoms with van der Waals surface area (Å²) in [4.78, 5) is 19.0. The van der Waals surface area contributed by atoms with Crippen LogP contribution in [0.5, 0.6) is 0 Å². The van der Waals surface area contributed by atoms with Crippen LogP contribution in [0.2, 0.25) is 0 Å². The maximum atomic E-state index is 13.3. The van der Waals surface area contributed by atoms with Crippen molar-refractivity contribution < 1.29 is 13.9 Å². The molecular weight excluding hydrogens is 375 g/mol. The van der Waals surface area contributed by atoms with Gasteiger partial charge in [-0.3, -0.25) is 9.69 Å². The highest BCUT2D eigenvalue weighted by Crippen LogP contribution is 2.11. The number of aromatic nitrogens is 4. The van der Waals surface area contributed by atoms with Crippen molar-refractivity contribution in [3.05, 3.63) is 71.4 Å². The van der Waals surface area contributed by atoms with Crippen LogP contribution in [0, 0.1) is 5.82 Å². The summed E-state index contributed by atoms with van der Waals surface area (Å²) in [6.07, 6.45) is 3.28. The van der Waals surface area contributed by atoms with Crippen LogP contribution in [0.3, 0.4) is 0 Å². The van der Waals surface area contributed by atoms with Crippen molar-refractivity contribution in [3.8, 4) is 0 Å². The highest BCUT2D eigenvalue weighted by molar-refractivity contribution is 6.02. The predicted octanol–water partition coefficient (Wildman–Crippen LogP) is 1.95. The SMILES string of the molecule is O=C(Nc1ccc(CN2CCOCC2)cn1)c1cn(Cc2cccc(F)c2)nn1. The number of hydrogen-bond acceptors (Lipinski definition) is 6. The summed E-state index contributed by atoms with van der Waals surface area (Å²) in [5.74, 6) is -0.270. The zero-order chi connectivity index (χ0) is 20.1. The predicted molar refractivity (Wildman–Crippen MR) is 104 cm³/mol. The summed E-state index contributed by atoms with van der Waals surface area (Å²) in [5, 5.41) is 10.5. The molecule has 0 bridgehead atoms. The molecule has 3 heterocycles. The van der Waals surface area contributed by atoms with E-state index in [1.54, 1.807) is 24.4 Å². The molecule has 0 spiro atoms. The number of anilines is 1. The summed E-state index contributed by atoms with van der Waals surface area (Å²) in [7, 11) is 0. The fraction of sp³-hybridized carbons (Fsp3) is 0.300. The molecule has 1 fully saturated rings. The first-order valence-corrected chi connectivity index (χ1v) is 9.37. The molecule has 0 saturated carbocycles. The Hall–Kier alpha value is -3.17. The number of halogens is 1. The second-order valence-electron chi connectivity index (χ2n) is 6.83. The van der Waals surface area contributed by atoms with E-state index in [0.29, 0.717) is 12.4 Å². The van der Waals surface area contributed by atoms with E-state index in [1.165, 1.54) is 23.0 Å². The van der Waals surface area contributed by atoms with Gasteiger partial charge in [0.15, 0.2) is 5.69 Å². The van der Waals surface area contributed by atoms with Crippen LogP contribution < -0.4 is 5.32 Å². The van der Waals surface area contributed by atoms with Gasteiger partial charge in [-0.05, 0) is 29.3 Å². The van der Waals surface area contributed by atoms with Crippen molar-refractivity contribution in [2.24, 2.45) is 0 Å². The molecule has 2 aromatic heterocycles. The molecule has 8 nitrogen and oxygen atoms in total. The average Bonchev–Trinajstić information content (AvgIpc) is 3.19. The highest BCUT2D eigenvalue weighted by Gasteiger charge is 2.13.